The Morgan fingerprint density at radius 3 is 2.52 bits per heavy atom. The van der Waals surface area contributed by atoms with E-state index in [0.717, 1.165) is 26.4 Å². The molecule has 23 heavy (non-hydrogen) atoms. The number of rotatable bonds is 4. The van der Waals surface area contributed by atoms with Gasteiger partial charge in [-0.3, -0.25) is 9.36 Å². The van der Waals surface area contributed by atoms with Crippen LogP contribution in [0.2, 0.25) is 0 Å². The number of ether oxygens (including phenoxy) is 1. The van der Waals surface area contributed by atoms with Crippen molar-refractivity contribution in [2.75, 3.05) is 6.61 Å². The quantitative estimate of drug-likeness (QED) is 0.732. The Morgan fingerprint density at radius 1 is 1.13 bits per heavy atom. The van der Waals surface area contributed by atoms with E-state index in [9.17, 15) is 4.79 Å². The summed E-state index contributed by atoms with van der Waals surface area (Å²) in [7, 11) is 0. The molecule has 0 unspecified atom stereocenters. The zero-order valence-corrected chi connectivity index (χ0v) is 14.7. The number of benzene rings is 1. The van der Waals surface area contributed by atoms with Gasteiger partial charge >= 0.3 is 0 Å². The highest BCUT2D eigenvalue weighted by Crippen LogP contribution is 2.25. The zero-order valence-electron chi connectivity index (χ0n) is 13.8. The van der Waals surface area contributed by atoms with Crippen LogP contribution in [0.25, 0.3) is 10.2 Å². The molecule has 0 aliphatic carbocycles. The fourth-order valence-electron chi connectivity index (χ4n) is 2.71. The molecule has 0 spiro atoms. The highest BCUT2D eigenvalue weighted by Gasteiger charge is 2.11. The molecule has 0 amide bonds. The second kappa shape index (κ2) is 6.16. The van der Waals surface area contributed by atoms with E-state index in [4.69, 9.17) is 4.74 Å². The molecule has 0 aliphatic rings. The summed E-state index contributed by atoms with van der Waals surface area (Å²) >= 11 is 1.57. The summed E-state index contributed by atoms with van der Waals surface area (Å²) in [6, 6.07) is 6.12. The summed E-state index contributed by atoms with van der Waals surface area (Å²) < 4.78 is 7.42. The van der Waals surface area contributed by atoms with Crippen LogP contribution >= 0.6 is 11.3 Å². The molecule has 0 atom stereocenters. The first-order valence-corrected chi connectivity index (χ1v) is 8.43. The van der Waals surface area contributed by atoms with Crippen molar-refractivity contribution in [3.05, 3.63) is 56.4 Å². The second-order valence-corrected chi connectivity index (χ2v) is 7.08. The first kappa shape index (κ1) is 15.7. The third-order valence-corrected chi connectivity index (χ3v) is 5.07. The number of hydrogen-bond donors (Lipinski definition) is 0. The van der Waals surface area contributed by atoms with E-state index in [1.165, 1.54) is 11.1 Å². The molecule has 0 saturated carbocycles. The average molecular weight is 328 g/mol. The maximum Gasteiger partial charge on any atom is 0.262 e. The Labute approximate surface area is 139 Å². The number of fused-ring (bicyclic) bond motifs is 1. The minimum Gasteiger partial charge on any atom is -0.492 e. The number of nitrogens with zero attached hydrogens (tertiary/aromatic N) is 2. The van der Waals surface area contributed by atoms with Gasteiger partial charge in [-0.05, 0) is 56.5 Å². The van der Waals surface area contributed by atoms with Gasteiger partial charge in [-0.15, -0.1) is 11.3 Å². The maximum atomic E-state index is 12.6. The largest absolute Gasteiger partial charge is 0.492 e. The summed E-state index contributed by atoms with van der Waals surface area (Å²) in [6.45, 7) is 9.03. The van der Waals surface area contributed by atoms with Crippen LogP contribution in [0.5, 0.6) is 5.75 Å². The molecule has 3 aromatic rings. The van der Waals surface area contributed by atoms with Crippen molar-refractivity contribution in [1.29, 1.82) is 0 Å². The molecule has 0 bridgehead atoms. The minimum absolute atomic E-state index is 0.0147. The van der Waals surface area contributed by atoms with Crippen LogP contribution in [0.15, 0.2) is 29.3 Å². The molecular formula is C18H20N2O2S. The predicted molar refractivity (Wildman–Crippen MR) is 94.8 cm³/mol. The van der Waals surface area contributed by atoms with Gasteiger partial charge in [-0.2, -0.15) is 0 Å². The first-order valence-electron chi connectivity index (χ1n) is 7.62. The molecule has 2 aromatic heterocycles. The van der Waals surface area contributed by atoms with Gasteiger partial charge in [0.1, 0.15) is 17.2 Å². The number of aryl methyl sites for hydroxylation is 4. The summed E-state index contributed by atoms with van der Waals surface area (Å²) in [5.41, 5.74) is 3.39. The lowest BCUT2D eigenvalue weighted by molar-refractivity contribution is 0.295. The number of aromatic nitrogens is 2. The molecule has 4 nitrogen and oxygen atoms in total. The van der Waals surface area contributed by atoms with Crippen LogP contribution < -0.4 is 10.3 Å². The van der Waals surface area contributed by atoms with E-state index >= 15 is 0 Å². The highest BCUT2D eigenvalue weighted by atomic mass is 32.1. The van der Waals surface area contributed by atoms with Crippen molar-refractivity contribution in [2.24, 2.45) is 0 Å². The van der Waals surface area contributed by atoms with Gasteiger partial charge in [-0.1, -0.05) is 6.07 Å². The number of hydrogen-bond acceptors (Lipinski definition) is 4. The van der Waals surface area contributed by atoms with E-state index in [2.05, 4.69) is 11.1 Å². The van der Waals surface area contributed by atoms with Crippen molar-refractivity contribution in [3.63, 3.8) is 0 Å². The topological polar surface area (TPSA) is 44.1 Å². The molecular weight excluding hydrogens is 308 g/mol. The van der Waals surface area contributed by atoms with Crippen LogP contribution in [0.1, 0.15) is 21.6 Å². The molecule has 3 rings (SSSR count). The average Bonchev–Trinajstić information content (AvgIpc) is 2.76. The van der Waals surface area contributed by atoms with Crippen molar-refractivity contribution >= 4 is 21.6 Å². The lowest BCUT2D eigenvalue weighted by Crippen LogP contribution is -2.23. The zero-order chi connectivity index (χ0) is 16.6. The third-order valence-electron chi connectivity index (χ3n) is 3.95. The summed E-state index contributed by atoms with van der Waals surface area (Å²) in [4.78, 5) is 19.0. The summed E-state index contributed by atoms with van der Waals surface area (Å²) in [5.74, 6) is 0.840. The van der Waals surface area contributed by atoms with Crippen LogP contribution in [0.3, 0.4) is 0 Å². The molecule has 0 radical (unpaired) electrons. The van der Waals surface area contributed by atoms with Crippen LogP contribution in [0, 0.1) is 27.7 Å². The molecule has 0 N–H and O–H groups in total. The summed E-state index contributed by atoms with van der Waals surface area (Å²) in [6.07, 6.45) is 1.62. The SMILES string of the molecule is Cc1cc(C)cc(OCCn2cnc3sc(C)c(C)c3c2=O)c1. The van der Waals surface area contributed by atoms with E-state index in [1.807, 2.05) is 39.8 Å². The van der Waals surface area contributed by atoms with E-state index in [1.54, 1.807) is 22.2 Å². The smallest absolute Gasteiger partial charge is 0.262 e. The molecule has 0 fully saturated rings. The monoisotopic (exact) mass is 328 g/mol. The molecule has 0 aliphatic heterocycles. The van der Waals surface area contributed by atoms with Gasteiger partial charge in [0.2, 0.25) is 0 Å². The van der Waals surface area contributed by atoms with Crippen molar-refractivity contribution < 1.29 is 4.74 Å². The van der Waals surface area contributed by atoms with Crippen molar-refractivity contribution in [2.45, 2.75) is 34.2 Å². The van der Waals surface area contributed by atoms with E-state index in [-0.39, 0.29) is 5.56 Å². The highest BCUT2D eigenvalue weighted by molar-refractivity contribution is 7.18. The van der Waals surface area contributed by atoms with Gasteiger partial charge in [0.15, 0.2) is 0 Å². The van der Waals surface area contributed by atoms with Crippen LogP contribution in [0.4, 0.5) is 0 Å². The van der Waals surface area contributed by atoms with Crippen molar-refractivity contribution in [3.8, 4) is 5.75 Å². The normalized spacial score (nSPS) is 11.1. The first-order chi connectivity index (χ1) is 11.0. The number of thiophene rings is 1. The summed E-state index contributed by atoms with van der Waals surface area (Å²) in [5, 5.41) is 0.737. The molecule has 1 aromatic carbocycles. The Bertz CT molecular complexity index is 904. The molecule has 120 valence electrons. The standard InChI is InChI=1S/C18H20N2O2S/c1-11-7-12(2)9-15(8-11)22-6-5-20-10-19-17-16(18(20)21)13(3)14(4)23-17/h7-10H,5-6H2,1-4H3. The lowest BCUT2D eigenvalue weighted by Gasteiger charge is -2.09. The molecule has 0 saturated heterocycles. The van der Waals surface area contributed by atoms with E-state index in [0.29, 0.717) is 13.2 Å². The van der Waals surface area contributed by atoms with Crippen LogP contribution in [-0.2, 0) is 6.54 Å². The Kier molecular flexibility index (Phi) is 4.22. The van der Waals surface area contributed by atoms with Gasteiger partial charge in [0, 0.05) is 4.88 Å². The second-order valence-electron chi connectivity index (χ2n) is 5.88. The Morgan fingerprint density at radius 2 is 1.83 bits per heavy atom. The van der Waals surface area contributed by atoms with E-state index < -0.39 is 0 Å². The minimum atomic E-state index is 0.0147. The van der Waals surface area contributed by atoms with Gasteiger partial charge in [-0.25, -0.2) is 4.98 Å². The van der Waals surface area contributed by atoms with Gasteiger partial charge in [0.25, 0.3) is 5.56 Å². The van der Waals surface area contributed by atoms with Gasteiger partial charge < -0.3 is 4.74 Å². The molecule has 2 heterocycles. The fourth-order valence-corrected chi connectivity index (χ4v) is 3.69. The van der Waals surface area contributed by atoms with Crippen LogP contribution in [-0.4, -0.2) is 16.2 Å². The predicted octanol–water partition coefficient (Wildman–Crippen LogP) is 3.77. The maximum absolute atomic E-state index is 12.6. The Balaban J connectivity index is 1.78. The Hall–Kier alpha value is -2.14. The van der Waals surface area contributed by atoms with Gasteiger partial charge in [0.05, 0.1) is 18.3 Å². The third kappa shape index (κ3) is 3.15. The fraction of sp³-hybridized carbons (Fsp3) is 0.333. The lowest BCUT2D eigenvalue weighted by atomic mass is 10.1. The molecule has 5 heteroatoms. The van der Waals surface area contributed by atoms with Crippen molar-refractivity contribution in [1.82, 2.24) is 9.55 Å².